The lowest BCUT2D eigenvalue weighted by molar-refractivity contribution is 0.217. The summed E-state index contributed by atoms with van der Waals surface area (Å²) in [5.41, 5.74) is 6.47. The second-order valence-corrected chi connectivity index (χ2v) is 6.60. The number of rotatable bonds is 4. The van der Waals surface area contributed by atoms with Crippen LogP contribution in [-0.4, -0.2) is 7.05 Å². The van der Waals surface area contributed by atoms with Crippen LogP contribution in [0.25, 0.3) is 6.08 Å². The zero-order valence-electron chi connectivity index (χ0n) is 13.3. The normalized spacial score (nSPS) is 12.4. The van der Waals surface area contributed by atoms with Crippen LogP contribution in [0.1, 0.15) is 51.3 Å². The lowest BCUT2D eigenvalue weighted by Crippen LogP contribution is -2.34. The number of nitrogens with one attached hydrogen (secondary N) is 1. The van der Waals surface area contributed by atoms with Gasteiger partial charge in [-0.25, -0.2) is 0 Å². The van der Waals surface area contributed by atoms with Crippen LogP contribution in [0.3, 0.4) is 0 Å². The third-order valence-electron chi connectivity index (χ3n) is 4.32. The van der Waals surface area contributed by atoms with Crippen LogP contribution >= 0.6 is 0 Å². The van der Waals surface area contributed by atoms with Gasteiger partial charge in [0, 0.05) is 12.6 Å². The molecule has 0 aliphatic carbocycles. The maximum absolute atomic E-state index is 5.49. The fourth-order valence-corrected chi connectivity index (χ4v) is 1.99. The molecule has 106 valence electrons. The zero-order valence-corrected chi connectivity index (χ0v) is 13.3. The fraction of sp³-hybridized carbons (Fsp3) is 0.529. The van der Waals surface area contributed by atoms with Gasteiger partial charge in [-0.05, 0) is 34.9 Å². The van der Waals surface area contributed by atoms with Crippen LogP contribution in [0.4, 0.5) is 0 Å². The Morgan fingerprint density at radius 3 is 2.16 bits per heavy atom. The highest BCUT2D eigenvalue weighted by atomic mass is 16.6. The third-order valence-corrected chi connectivity index (χ3v) is 4.32. The van der Waals surface area contributed by atoms with E-state index in [0.29, 0.717) is 0 Å². The minimum absolute atomic E-state index is 0.0771. The van der Waals surface area contributed by atoms with E-state index < -0.39 is 0 Å². The Labute approximate surface area is 117 Å². The van der Waals surface area contributed by atoms with Crippen LogP contribution in [0, 0.1) is 12.3 Å². The van der Waals surface area contributed by atoms with Crippen LogP contribution in [-0.2, 0) is 5.41 Å². The summed E-state index contributed by atoms with van der Waals surface area (Å²) in [5.74, 6) is 0.853. The van der Waals surface area contributed by atoms with E-state index in [9.17, 15) is 0 Å². The number of hydrogen-bond acceptors (Lipinski definition) is 2. The highest BCUT2D eigenvalue weighted by Crippen LogP contribution is 2.42. The summed E-state index contributed by atoms with van der Waals surface area (Å²) in [6, 6.07) is 4.39. The molecule has 19 heavy (non-hydrogen) atoms. The first-order valence-corrected chi connectivity index (χ1v) is 6.76. The van der Waals surface area contributed by atoms with Crippen molar-refractivity contribution in [3.63, 3.8) is 0 Å². The molecule has 0 spiro atoms. The van der Waals surface area contributed by atoms with Gasteiger partial charge >= 0.3 is 0 Å². The Morgan fingerprint density at radius 2 is 1.74 bits per heavy atom. The Kier molecular flexibility index (Phi) is 4.46. The van der Waals surface area contributed by atoms with Gasteiger partial charge in [0.05, 0.1) is 0 Å². The molecule has 1 aromatic rings. The highest BCUT2D eigenvalue weighted by molar-refractivity contribution is 5.60. The number of benzene rings is 1. The number of hydroxylamine groups is 1. The zero-order chi connectivity index (χ0) is 14.8. The molecule has 0 aromatic heterocycles. The van der Waals surface area contributed by atoms with Gasteiger partial charge in [-0.2, -0.15) is 5.48 Å². The summed E-state index contributed by atoms with van der Waals surface area (Å²) in [4.78, 5) is 5.49. The van der Waals surface area contributed by atoms with Crippen molar-refractivity contribution in [1.82, 2.24) is 5.48 Å². The third kappa shape index (κ3) is 3.01. The van der Waals surface area contributed by atoms with Crippen molar-refractivity contribution < 1.29 is 4.84 Å². The van der Waals surface area contributed by atoms with Crippen molar-refractivity contribution in [3.05, 3.63) is 35.4 Å². The molecule has 0 atom stereocenters. The van der Waals surface area contributed by atoms with E-state index in [0.717, 1.165) is 16.9 Å². The quantitative estimate of drug-likeness (QED) is 0.807. The minimum Gasteiger partial charge on any atom is -0.408 e. The summed E-state index contributed by atoms with van der Waals surface area (Å²) in [5, 5.41) is 0. The molecule has 1 N–H and O–H groups in total. The second-order valence-electron chi connectivity index (χ2n) is 6.60. The Morgan fingerprint density at radius 1 is 1.16 bits per heavy atom. The summed E-state index contributed by atoms with van der Waals surface area (Å²) in [6.07, 6.45) is 1.85. The van der Waals surface area contributed by atoms with E-state index >= 15 is 0 Å². The van der Waals surface area contributed by atoms with Crippen LogP contribution in [0.2, 0.25) is 0 Å². The molecule has 0 bridgehead atoms. The first kappa shape index (κ1) is 15.8. The predicted octanol–water partition coefficient (Wildman–Crippen LogP) is 4.47. The summed E-state index contributed by atoms with van der Waals surface area (Å²) in [7, 11) is 1.76. The number of aryl methyl sites for hydroxylation is 1. The molecule has 1 rings (SSSR count). The molecule has 0 radical (unpaired) electrons. The monoisotopic (exact) mass is 261 g/mol. The molecular formula is C17H27NO. The molecule has 0 saturated carbocycles. The smallest absolute Gasteiger partial charge is 0.157 e. The van der Waals surface area contributed by atoms with Gasteiger partial charge < -0.3 is 4.84 Å². The largest absolute Gasteiger partial charge is 0.408 e. The van der Waals surface area contributed by atoms with Gasteiger partial charge in [0.25, 0.3) is 0 Å². The van der Waals surface area contributed by atoms with Crippen LogP contribution in [0.5, 0.6) is 5.75 Å². The van der Waals surface area contributed by atoms with Crippen molar-refractivity contribution in [2.75, 3.05) is 7.05 Å². The van der Waals surface area contributed by atoms with Crippen molar-refractivity contribution in [2.45, 2.75) is 47.0 Å². The molecule has 1 aromatic carbocycles. The van der Waals surface area contributed by atoms with Crippen molar-refractivity contribution in [2.24, 2.45) is 5.41 Å². The van der Waals surface area contributed by atoms with Gasteiger partial charge in [-0.15, -0.1) is 0 Å². The minimum atomic E-state index is 0.0771. The Hall–Kier alpha value is -1.28. The molecular weight excluding hydrogens is 234 g/mol. The summed E-state index contributed by atoms with van der Waals surface area (Å²) >= 11 is 0. The van der Waals surface area contributed by atoms with E-state index in [1.807, 2.05) is 6.08 Å². The summed E-state index contributed by atoms with van der Waals surface area (Å²) < 4.78 is 0. The summed E-state index contributed by atoms with van der Waals surface area (Å²) in [6.45, 7) is 17.3. The second kappa shape index (κ2) is 5.38. The lowest BCUT2D eigenvalue weighted by Gasteiger charge is -2.40. The molecule has 0 fully saturated rings. The van der Waals surface area contributed by atoms with Crippen molar-refractivity contribution in [3.8, 4) is 5.75 Å². The Bertz CT molecular complexity index is 467. The molecule has 0 heterocycles. The highest BCUT2D eigenvalue weighted by Gasteiger charge is 2.35. The molecule has 0 amide bonds. The first-order valence-electron chi connectivity index (χ1n) is 6.76. The van der Waals surface area contributed by atoms with E-state index in [2.05, 4.69) is 65.7 Å². The molecule has 0 saturated heterocycles. The van der Waals surface area contributed by atoms with Gasteiger partial charge in [0.1, 0.15) is 0 Å². The molecule has 2 heteroatoms. The van der Waals surface area contributed by atoms with Crippen molar-refractivity contribution in [1.29, 1.82) is 0 Å². The maximum Gasteiger partial charge on any atom is 0.157 e. The number of hydrogen-bond donors (Lipinski definition) is 1. The van der Waals surface area contributed by atoms with Gasteiger partial charge in [0.2, 0.25) is 0 Å². The Balaban J connectivity index is 3.41. The van der Waals surface area contributed by atoms with Gasteiger partial charge in [0.15, 0.2) is 5.75 Å². The van der Waals surface area contributed by atoms with E-state index in [1.165, 1.54) is 5.56 Å². The molecule has 0 aliphatic heterocycles. The van der Waals surface area contributed by atoms with E-state index in [4.69, 9.17) is 4.84 Å². The topological polar surface area (TPSA) is 21.3 Å². The predicted molar refractivity (Wildman–Crippen MR) is 83.4 cm³/mol. The van der Waals surface area contributed by atoms with Crippen LogP contribution < -0.4 is 10.3 Å². The standard InChI is InChI=1S/C17H27NO/c1-9-13-11-14(17(6,7)16(3,4)5)10-12(2)15(13)19-18-8/h9-11,18H,1H2,2-8H3. The maximum atomic E-state index is 5.49. The average molecular weight is 261 g/mol. The van der Waals surface area contributed by atoms with Gasteiger partial charge in [-0.1, -0.05) is 53.3 Å². The average Bonchev–Trinajstić information content (AvgIpc) is 2.29. The van der Waals surface area contributed by atoms with E-state index in [-0.39, 0.29) is 10.8 Å². The molecule has 0 unspecified atom stereocenters. The lowest BCUT2D eigenvalue weighted by atomic mass is 9.65. The molecule has 2 nitrogen and oxygen atoms in total. The van der Waals surface area contributed by atoms with E-state index in [1.54, 1.807) is 7.05 Å². The van der Waals surface area contributed by atoms with Crippen molar-refractivity contribution >= 4 is 6.08 Å². The first-order chi connectivity index (χ1) is 8.65. The molecule has 0 aliphatic rings. The van der Waals surface area contributed by atoms with Gasteiger partial charge in [-0.3, -0.25) is 0 Å². The SMILES string of the molecule is C=Cc1cc(C(C)(C)C(C)(C)C)cc(C)c1ONC. The van der Waals surface area contributed by atoms with Crippen LogP contribution in [0.15, 0.2) is 18.7 Å². The fourth-order valence-electron chi connectivity index (χ4n) is 1.99.